The molecule has 1 heterocycles. The summed E-state index contributed by atoms with van der Waals surface area (Å²) in [7, 11) is -4.43. The first-order valence-electron chi connectivity index (χ1n) is 12.4. The number of aryl methyl sites for hydroxylation is 2. The molecule has 0 atom stereocenters. The van der Waals surface area contributed by atoms with Crippen molar-refractivity contribution in [3.63, 3.8) is 0 Å². The van der Waals surface area contributed by atoms with Gasteiger partial charge in [0.25, 0.3) is 15.9 Å². The van der Waals surface area contributed by atoms with Crippen LogP contribution in [0.2, 0.25) is 10.0 Å². The maximum atomic E-state index is 13.5. The lowest BCUT2D eigenvalue weighted by molar-refractivity contribution is -0.137. The third kappa shape index (κ3) is 6.80. The molecule has 0 aliphatic heterocycles. The number of carbonyl (C=O) groups is 1. The number of sulfonamides is 1. The van der Waals surface area contributed by atoms with Crippen molar-refractivity contribution < 1.29 is 26.4 Å². The van der Waals surface area contributed by atoms with Crippen molar-refractivity contribution in [2.45, 2.75) is 31.8 Å². The van der Waals surface area contributed by atoms with Crippen LogP contribution in [0, 0.1) is 20.8 Å². The predicted molar refractivity (Wildman–Crippen MR) is 158 cm³/mol. The van der Waals surface area contributed by atoms with Crippen LogP contribution in [0.1, 0.15) is 28.1 Å². The van der Waals surface area contributed by atoms with E-state index in [1.807, 2.05) is 18.4 Å². The SMILES string of the molecule is Cc1ccc(S(=O)(=O)N(CC(=O)N/N=C\c2cc(C)n(-c3cc(Cl)ccc3Cl)c2C)c2cccc(C(F)(F)F)c2)cc1. The van der Waals surface area contributed by atoms with Gasteiger partial charge in [-0.15, -0.1) is 0 Å². The second kappa shape index (κ2) is 12.2. The van der Waals surface area contributed by atoms with Crippen LogP contribution in [-0.4, -0.2) is 31.7 Å². The Morgan fingerprint density at radius 2 is 1.69 bits per heavy atom. The van der Waals surface area contributed by atoms with Crippen molar-refractivity contribution in [1.82, 2.24) is 9.99 Å². The van der Waals surface area contributed by atoms with Crippen molar-refractivity contribution >= 4 is 51.0 Å². The fraction of sp³-hybridized carbons (Fsp3) is 0.172. The van der Waals surface area contributed by atoms with Gasteiger partial charge in [-0.25, -0.2) is 13.8 Å². The van der Waals surface area contributed by atoms with Crippen molar-refractivity contribution in [1.29, 1.82) is 0 Å². The van der Waals surface area contributed by atoms with Gasteiger partial charge in [0.15, 0.2) is 0 Å². The minimum Gasteiger partial charge on any atom is -0.316 e. The summed E-state index contributed by atoms with van der Waals surface area (Å²) in [4.78, 5) is 12.7. The van der Waals surface area contributed by atoms with Gasteiger partial charge in [0, 0.05) is 22.0 Å². The van der Waals surface area contributed by atoms with Gasteiger partial charge in [0.2, 0.25) is 0 Å². The molecule has 0 bridgehead atoms. The number of halogens is 5. The summed E-state index contributed by atoms with van der Waals surface area (Å²) in [6.45, 7) is 4.60. The molecule has 0 aliphatic carbocycles. The Labute approximate surface area is 251 Å². The number of hydrogen-bond donors (Lipinski definition) is 1. The molecule has 1 N–H and O–H groups in total. The Kier molecular flexibility index (Phi) is 9.05. The maximum absolute atomic E-state index is 13.5. The van der Waals surface area contributed by atoms with Crippen LogP contribution in [0.4, 0.5) is 18.9 Å². The van der Waals surface area contributed by atoms with Crippen molar-refractivity contribution in [3.8, 4) is 5.69 Å². The molecule has 1 aromatic heterocycles. The van der Waals surface area contributed by atoms with E-state index in [4.69, 9.17) is 23.2 Å². The van der Waals surface area contributed by atoms with E-state index in [-0.39, 0.29) is 10.6 Å². The standard InChI is InChI=1S/C29H25Cl2F3N4O3S/c1-18-7-10-25(11-8-18)42(40,41)37(24-6-4-5-22(14-24)29(32,33)34)17-28(39)36-35-16-21-13-19(2)38(20(21)3)27-15-23(30)9-12-26(27)31/h4-16H,17H2,1-3H3,(H,36,39)/b35-16-. The lowest BCUT2D eigenvalue weighted by atomic mass is 10.2. The first-order valence-corrected chi connectivity index (χ1v) is 14.6. The summed E-state index contributed by atoms with van der Waals surface area (Å²) >= 11 is 12.5. The van der Waals surface area contributed by atoms with Crippen molar-refractivity contribution in [2.24, 2.45) is 5.10 Å². The van der Waals surface area contributed by atoms with E-state index in [0.717, 1.165) is 29.1 Å². The molecule has 220 valence electrons. The zero-order chi connectivity index (χ0) is 30.8. The van der Waals surface area contributed by atoms with Gasteiger partial charge < -0.3 is 4.57 Å². The minimum atomic E-state index is -4.72. The highest BCUT2D eigenvalue weighted by molar-refractivity contribution is 7.92. The van der Waals surface area contributed by atoms with Crippen LogP contribution >= 0.6 is 23.2 Å². The molecule has 0 saturated heterocycles. The third-order valence-corrected chi connectivity index (χ3v) is 8.71. The number of aromatic nitrogens is 1. The van der Waals surface area contributed by atoms with Gasteiger partial charge in [0.05, 0.1) is 33.1 Å². The van der Waals surface area contributed by atoms with Gasteiger partial charge in [0.1, 0.15) is 6.54 Å². The predicted octanol–water partition coefficient (Wildman–Crippen LogP) is 7.07. The van der Waals surface area contributed by atoms with Crippen LogP contribution in [0.25, 0.3) is 5.69 Å². The molecule has 1 amide bonds. The van der Waals surface area contributed by atoms with Gasteiger partial charge in [-0.2, -0.15) is 18.3 Å². The summed E-state index contributed by atoms with van der Waals surface area (Å²) in [5.41, 5.74) is 4.50. The van der Waals surface area contributed by atoms with E-state index in [2.05, 4.69) is 10.5 Å². The maximum Gasteiger partial charge on any atom is 0.416 e. The molecule has 4 rings (SSSR count). The Balaban J connectivity index is 1.61. The molecule has 13 heteroatoms. The largest absolute Gasteiger partial charge is 0.416 e. The Morgan fingerprint density at radius 3 is 2.36 bits per heavy atom. The lowest BCUT2D eigenvalue weighted by Gasteiger charge is -2.24. The number of nitrogens with one attached hydrogen (secondary N) is 1. The highest BCUT2D eigenvalue weighted by Crippen LogP contribution is 2.33. The van der Waals surface area contributed by atoms with E-state index in [1.165, 1.54) is 24.4 Å². The van der Waals surface area contributed by atoms with Crippen LogP contribution in [0.5, 0.6) is 0 Å². The van der Waals surface area contributed by atoms with Crippen LogP contribution in [0.15, 0.2) is 82.8 Å². The molecule has 0 saturated carbocycles. The van der Waals surface area contributed by atoms with E-state index >= 15 is 0 Å². The average Bonchev–Trinajstić information content (AvgIpc) is 3.20. The third-order valence-electron chi connectivity index (χ3n) is 6.37. The van der Waals surface area contributed by atoms with Crippen molar-refractivity contribution in [3.05, 3.63) is 111 Å². The Hall–Kier alpha value is -3.80. The number of hydrazone groups is 1. The highest BCUT2D eigenvalue weighted by Gasteiger charge is 2.33. The number of amides is 1. The topological polar surface area (TPSA) is 83.8 Å². The summed E-state index contributed by atoms with van der Waals surface area (Å²) in [5, 5.41) is 4.93. The van der Waals surface area contributed by atoms with E-state index in [1.54, 1.807) is 43.3 Å². The second-order valence-corrected chi connectivity index (χ2v) is 12.1. The van der Waals surface area contributed by atoms with Crippen LogP contribution in [-0.2, 0) is 21.0 Å². The number of nitrogens with zero attached hydrogens (tertiary/aromatic N) is 3. The molecule has 0 spiro atoms. The van der Waals surface area contributed by atoms with Crippen LogP contribution < -0.4 is 9.73 Å². The molecular formula is C29H25Cl2F3N4O3S. The number of anilines is 1. The summed E-state index contributed by atoms with van der Waals surface area (Å²) in [5.74, 6) is -0.869. The summed E-state index contributed by atoms with van der Waals surface area (Å²) in [6, 6.07) is 16.4. The summed E-state index contributed by atoms with van der Waals surface area (Å²) in [6.07, 6.45) is -3.35. The zero-order valence-electron chi connectivity index (χ0n) is 22.6. The minimum absolute atomic E-state index is 0.186. The van der Waals surface area contributed by atoms with Gasteiger partial charge >= 0.3 is 6.18 Å². The lowest BCUT2D eigenvalue weighted by Crippen LogP contribution is -2.39. The molecule has 0 fully saturated rings. The number of carbonyl (C=O) groups excluding carboxylic acids is 1. The number of hydrogen-bond acceptors (Lipinski definition) is 4. The van der Waals surface area contributed by atoms with Gasteiger partial charge in [-0.05, 0) is 75.4 Å². The van der Waals surface area contributed by atoms with Gasteiger partial charge in [-0.3, -0.25) is 9.10 Å². The normalized spacial score (nSPS) is 12.1. The molecular weight excluding hydrogens is 612 g/mol. The number of benzene rings is 3. The van der Waals surface area contributed by atoms with E-state index in [9.17, 15) is 26.4 Å². The Bertz CT molecular complexity index is 1770. The monoisotopic (exact) mass is 636 g/mol. The summed E-state index contributed by atoms with van der Waals surface area (Å²) < 4.78 is 69.7. The zero-order valence-corrected chi connectivity index (χ0v) is 24.9. The molecule has 0 radical (unpaired) electrons. The molecule has 42 heavy (non-hydrogen) atoms. The average molecular weight is 638 g/mol. The fourth-order valence-corrected chi connectivity index (χ4v) is 6.06. The van der Waals surface area contributed by atoms with Crippen LogP contribution in [0.3, 0.4) is 0 Å². The molecule has 3 aromatic carbocycles. The number of rotatable bonds is 8. The van der Waals surface area contributed by atoms with E-state index < -0.39 is 34.2 Å². The fourth-order valence-electron chi connectivity index (χ4n) is 4.28. The smallest absolute Gasteiger partial charge is 0.316 e. The number of alkyl halides is 3. The molecule has 4 aromatic rings. The first-order chi connectivity index (χ1) is 19.7. The second-order valence-electron chi connectivity index (χ2n) is 9.42. The highest BCUT2D eigenvalue weighted by atomic mass is 35.5. The molecule has 0 aliphatic rings. The molecule has 7 nitrogen and oxygen atoms in total. The first kappa shape index (κ1) is 31.1. The quantitative estimate of drug-likeness (QED) is 0.166. The van der Waals surface area contributed by atoms with Crippen molar-refractivity contribution in [2.75, 3.05) is 10.8 Å². The van der Waals surface area contributed by atoms with E-state index in [0.29, 0.717) is 31.7 Å². The Morgan fingerprint density at radius 1 is 1.00 bits per heavy atom. The molecule has 0 unspecified atom stereocenters. The van der Waals surface area contributed by atoms with Gasteiger partial charge in [-0.1, -0.05) is 47.0 Å².